The van der Waals surface area contributed by atoms with E-state index in [9.17, 15) is 5.11 Å². The highest BCUT2D eigenvalue weighted by molar-refractivity contribution is 7.15. The first-order valence-electron chi connectivity index (χ1n) is 5.66. The standard InChI is InChI=1S/C11H15N3O2S/c1-16-8-2-3-13(6-8)10-9(7-15)14-4-5-17-11(14)12-10/h4-5,8,15H,2-3,6-7H2,1H3. The minimum atomic E-state index is 0.0153. The maximum absolute atomic E-state index is 9.49. The summed E-state index contributed by atoms with van der Waals surface area (Å²) in [7, 11) is 1.74. The van der Waals surface area contributed by atoms with Crippen molar-refractivity contribution in [3.05, 3.63) is 17.3 Å². The molecular weight excluding hydrogens is 238 g/mol. The lowest BCUT2D eigenvalue weighted by Gasteiger charge is -2.16. The molecule has 3 rings (SSSR count). The minimum absolute atomic E-state index is 0.0153. The summed E-state index contributed by atoms with van der Waals surface area (Å²) in [6.07, 6.45) is 3.25. The third-order valence-electron chi connectivity index (χ3n) is 3.27. The summed E-state index contributed by atoms with van der Waals surface area (Å²) in [5, 5.41) is 11.5. The van der Waals surface area contributed by atoms with Crippen LogP contribution < -0.4 is 4.90 Å². The van der Waals surface area contributed by atoms with Gasteiger partial charge in [-0.2, -0.15) is 0 Å². The molecule has 0 saturated carbocycles. The number of thiazole rings is 1. The van der Waals surface area contributed by atoms with E-state index >= 15 is 0 Å². The van der Waals surface area contributed by atoms with Crippen molar-refractivity contribution in [3.8, 4) is 0 Å². The lowest BCUT2D eigenvalue weighted by atomic mass is 10.3. The number of anilines is 1. The Morgan fingerprint density at radius 2 is 2.53 bits per heavy atom. The monoisotopic (exact) mass is 253 g/mol. The van der Waals surface area contributed by atoms with Crippen LogP contribution in [-0.2, 0) is 11.3 Å². The van der Waals surface area contributed by atoms with Gasteiger partial charge >= 0.3 is 0 Å². The van der Waals surface area contributed by atoms with E-state index < -0.39 is 0 Å². The number of hydrogen-bond acceptors (Lipinski definition) is 5. The first-order chi connectivity index (χ1) is 8.33. The smallest absolute Gasteiger partial charge is 0.195 e. The van der Waals surface area contributed by atoms with Crippen LogP contribution in [0.5, 0.6) is 0 Å². The molecule has 5 nitrogen and oxygen atoms in total. The minimum Gasteiger partial charge on any atom is -0.390 e. The Kier molecular flexibility index (Phi) is 2.78. The number of nitrogens with zero attached hydrogens (tertiary/aromatic N) is 3. The number of imidazole rings is 1. The summed E-state index contributed by atoms with van der Waals surface area (Å²) >= 11 is 1.59. The molecule has 6 heteroatoms. The molecule has 1 N–H and O–H groups in total. The van der Waals surface area contributed by atoms with Crippen molar-refractivity contribution in [3.63, 3.8) is 0 Å². The van der Waals surface area contributed by atoms with Gasteiger partial charge in [-0.05, 0) is 6.42 Å². The molecule has 2 aromatic heterocycles. The van der Waals surface area contributed by atoms with E-state index in [2.05, 4.69) is 9.88 Å². The van der Waals surface area contributed by atoms with Crippen LogP contribution in [0.25, 0.3) is 4.96 Å². The van der Waals surface area contributed by atoms with Gasteiger partial charge in [-0.1, -0.05) is 0 Å². The maximum Gasteiger partial charge on any atom is 0.195 e. The average molecular weight is 253 g/mol. The molecule has 1 saturated heterocycles. The van der Waals surface area contributed by atoms with Crippen molar-refractivity contribution in [1.82, 2.24) is 9.38 Å². The molecule has 17 heavy (non-hydrogen) atoms. The van der Waals surface area contributed by atoms with Gasteiger partial charge in [-0.3, -0.25) is 4.40 Å². The van der Waals surface area contributed by atoms with Gasteiger partial charge in [0.1, 0.15) is 0 Å². The Balaban J connectivity index is 1.97. The molecule has 0 spiro atoms. The Morgan fingerprint density at radius 1 is 1.65 bits per heavy atom. The molecule has 0 aliphatic carbocycles. The van der Waals surface area contributed by atoms with Crippen LogP contribution in [0.15, 0.2) is 11.6 Å². The quantitative estimate of drug-likeness (QED) is 0.890. The zero-order valence-electron chi connectivity index (χ0n) is 9.67. The second-order valence-corrected chi connectivity index (χ2v) is 5.06. The second-order valence-electron chi connectivity index (χ2n) is 4.19. The zero-order valence-corrected chi connectivity index (χ0v) is 10.5. The third kappa shape index (κ3) is 1.72. The van der Waals surface area contributed by atoms with Crippen LogP contribution in [-0.4, -0.2) is 40.8 Å². The van der Waals surface area contributed by atoms with Crippen molar-refractivity contribution in [2.75, 3.05) is 25.1 Å². The van der Waals surface area contributed by atoms with E-state index in [0.717, 1.165) is 36.0 Å². The molecule has 1 atom stereocenters. The molecule has 1 fully saturated rings. The highest BCUT2D eigenvalue weighted by atomic mass is 32.1. The molecule has 0 radical (unpaired) electrons. The zero-order chi connectivity index (χ0) is 11.8. The fraction of sp³-hybridized carbons (Fsp3) is 0.545. The summed E-state index contributed by atoms with van der Waals surface area (Å²) in [4.78, 5) is 7.72. The van der Waals surface area contributed by atoms with Crippen LogP contribution in [0.1, 0.15) is 12.1 Å². The summed E-state index contributed by atoms with van der Waals surface area (Å²) in [5.41, 5.74) is 0.873. The van der Waals surface area contributed by atoms with Gasteiger partial charge in [0.2, 0.25) is 0 Å². The first kappa shape index (κ1) is 11.0. The van der Waals surface area contributed by atoms with Gasteiger partial charge in [0.05, 0.1) is 18.4 Å². The summed E-state index contributed by atoms with van der Waals surface area (Å²) in [6.45, 7) is 1.81. The molecule has 0 aromatic carbocycles. The van der Waals surface area contributed by atoms with Gasteiger partial charge in [0.25, 0.3) is 0 Å². The van der Waals surface area contributed by atoms with Gasteiger partial charge in [0, 0.05) is 31.8 Å². The number of aliphatic hydroxyl groups excluding tert-OH is 1. The molecule has 3 heterocycles. The average Bonchev–Trinajstić information content (AvgIpc) is 3.02. The van der Waals surface area contributed by atoms with Crippen molar-refractivity contribution < 1.29 is 9.84 Å². The SMILES string of the molecule is COC1CCN(c2nc3sccn3c2CO)C1. The van der Waals surface area contributed by atoms with E-state index in [0.29, 0.717) is 0 Å². The molecule has 2 aromatic rings. The number of aliphatic hydroxyl groups is 1. The predicted molar refractivity (Wildman–Crippen MR) is 66.6 cm³/mol. The van der Waals surface area contributed by atoms with E-state index in [-0.39, 0.29) is 12.7 Å². The molecule has 1 aliphatic heterocycles. The van der Waals surface area contributed by atoms with E-state index in [1.807, 2.05) is 16.0 Å². The number of ether oxygens (including phenoxy) is 1. The highest BCUT2D eigenvalue weighted by Crippen LogP contribution is 2.27. The Bertz CT molecular complexity index is 522. The van der Waals surface area contributed by atoms with E-state index in [4.69, 9.17) is 4.74 Å². The largest absolute Gasteiger partial charge is 0.390 e. The van der Waals surface area contributed by atoms with Crippen LogP contribution in [0.4, 0.5) is 5.82 Å². The predicted octanol–water partition coefficient (Wildman–Crippen LogP) is 1.11. The first-order valence-corrected chi connectivity index (χ1v) is 6.54. The number of aromatic nitrogens is 2. The molecule has 1 aliphatic rings. The molecule has 0 amide bonds. The Labute approximate surface area is 103 Å². The fourth-order valence-corrected chi connectivity index (χ4v) is 3.06. The molecular formula is C11H15N3O2S. The number of fused-ring (bicyclic) bond motifs is 1. The Morgan fingerprint density at radius 3 is 3.24 bits per heavy atom. The normalized spacial score (nSPS) is 20.6. The van der Waals surface area contributed by atoms with Crippen LogP contribution in [0, 0.1) is 0 Å². The van der Waals surface area contributed by atoms with Crippen molar-refractivity contribution in [2.45, 2.75) is 19.1 Å². The van der Waals surface area contributed by atoms with Crippen LogP contribution >= 0.6 is 11.3 Å². The van der Waals surface area contributed by atoms with Gasteiger partial charge in [-0.25, -0.2) is 4.98 Å². The van der Waals surface area contributed by atoms with Crippen LogP contribution in [0.2, 0.25) is 0 Å². The topological polar surface area (TPSA) is 50.0 Å². The molecule has 0 bridgehead atoms. The van der Waals surface area contributed by atoms with Gasteiger partial charge < -0.3 is 14.7 Å². The molecule has 92 valence electrons. The fourth-order valence-electron chi connectivity index (χ4n) is 2.33. The molecule has 1 unspecified atom stereocenters. The lowest BCUT2D eigenvalue weighted by Crippen LogP contribution is -2.23. The summed E-state index contributed by atoms with van der Waals surface area (Å²) < 4.78 is 7.31. The Hall–Kier alpha value is -1.11. The van der Waals surface area contributed by atoms with Crippen molar-refractivity contribution >= 4 is 22.1 Å². The van der Waals surface area contributed by atoms with E-state index in [1.165, 1.54) is 0 Å². The van der Waals surface area contributed by atoms with Crippen molar-refractivity contribution in [2.24, 2.45) is 0 Å². The highest BCUT2D eigenvalue weighted by Gasteiger charge is 2.26. The second kappa shape index (κ2) is 4.29. The third-order valence-corrected chi connectivity index (χ3v) is 4.02. The maximum atomic E-state index is 9.49. The number of methoxy groups -OCH3 is 1. The van der Waals surface area contributed by atoms with Gasteiger partial charge in [0.15, 0.2) is 10.8 Å². The van der Waals surface area contributed by atoms with Gasteiger partial charge in [-0.15, -0.1) is 11.3 Å². The number of rotatable bonds is 3. The summed E-state index contributed by atoms with van der Waals surface area (Å²) in [6, 6.07) is 0. The van der Waals surface area contributed by atoms with E-state index in [1.54, 1.807) is 18.4 Å². The lowest BCUT2D eigenvalue weighted by molar-refractivity contribution is 0.121. The number of hydrogen-bond donors (Lipinski definition) is 1. The van der Waals surface area contributed by atoms with Crippen LogP contribution in [0.3, 0.4) is 0 Å². The van der Waals surface area contributed by atoms with Crippen molar-refractivity contribution in [1.29, 1.82) is 0 Å². The summed E-state index contributed by atoms with van der Waals surface area (Å²) in [5.74, 6) is 0.902.